The standard InChI is InChI=1S/C16H21N3/c1-11(2)19-15-9-12(3)14(10-18-15)16(17)13-7-5-4-6-8-13/h4-11,16H,17H2,1-3H3,(H,18,19)/t16-/m0/s1. The number of nitrogens with two attached hydrogens (primary N) is 1. The van der Waals surface area contributed by atoms with E-state index in [1.165, 1.54) is 0 Å². The van der Waals surface area contributed by atoms with E-state index in [1.807, 2.05) is 36.5 Å². The molecule has 0 radical (unpaired) electrons. The molecule has 0 spiro atoms. The number of anilines is 1. The molecule has 0 saturated carbocycles. The summed E-state index contributed by atoms with van der Waals surface area (Å²) in [6.45, 7) is 6.27. The van der Waals surface area contributed by atoms with Crippen LogP contribution in [0.2, 0.25) is 0 Å². The maximum absolute atomic E-state index is 6.31. The molecule has 0 aliphatic heterocycles. The van der Waals surface area contributed by atoms with Crippen molar-refractivity contribution in [2.75, 3.05) is 5.32 Å². The molecule has 2 aromatic rings. The molecule has 0 amide bonds. The largest absolute Gasteiger partial charge is 0.368 e. The van der Waals surface area contributed by atoms with Crippen LogP contribution >= 0.6 is 0 Å². The minimum absolute atomic E-state index is 0.123. The fraction of sp³-hybridized carbons (Fsp3) is 0.312. The number of rotatable bonds is 4. The van der Waals surface area contributed by atoms with Gasteiger partial charge in [0.1, 0.15) is 5.82 Å². The number of aromatic nitrogens is 1. The number of pyridine rings is 1. The van der Waals surface area contributed by atoms with Gasteiger partial charge in [0.25, 0.3) is 0 Å². The third kappa shape index (κ3) is 3.32. The Bertz CT molecular complexity index is 535. The Labute approximate surface area is 114 Å². The molecular formula is C16H21N3. The second kappa shape index (κ2) is 5.85. The van der Waals surface area contributed by atoms with Gasteiger partial charge in [0.2, 0.25) is 0 Å². The van der Waals surface area contributed by atoms with E-state index in [1.54, 1.807) is 0 Å². The first kappa shape index (κ1) is 13.6. The summed E-state index contributed by atoms with van der Waals surface area (Å²) in [4.78, 5) is 4.44. The summed E-state index contributed by atoms with van der Waals surface area (Å²) in [6, 6.07) is 12.4. The Morgan fingerprint density at radius 3 is 2.42 bits per heavy atom. The monoisotopic (exact) mass is 255 g/mol. The smallest absolute Gasteiger partial charge is 0.126 e. The molecule has 19 heavy (non-hydrogen) atoms. The van der Waals surface area contributed by atoms with Gasteiger partial charge in [-0.1, -0.05) is 30.3 Å². The lowest BCUT2D eigenvalue weighted by Crippen LogP contribution is -2.15. The molecule has 1 aromatic carbocycles. The Morgan fingerprint density at radius 2 is 1.84 bits per heavy atom. The number of nitrogens with zero attached hydrogens (tertiary/aromatic N) is 1. The highest BCUT2D eigenvalue weighted by Gasteiger charge is 2.12. The predicted octanol–water partition coefficient (Wildman–Crippen LogP) is 3.26. The van der Waals surface area contributed by atoms with Gasteiger partial charge in [0, 0.05) is 12.2 Å². The molecule has 0 saturated heterocycles. The third-order valence-corrected chi connectivity index (χ3v) is 3.08. The van der Waals surface area contributed by atoms with Crippen LogP contribution in [0.15, 0.2) is 42.6 Å². The van der Waals surface area contributed by atoms with Crippen molar-refractivity contribution in [3.63, 3.8) is 0 Å². The molecule has 100 valence electrons. The zero-order valence-electron chi connectivity index (χ0n) is 11.7. The van der Waals surface area contributed by atoms with E-state index in [0.717, 1.165) is 22.5 Å². The van der Waals surface area contributed by atoms with Crippen molar-refractivity contribution in [2.24, 2.45) is 5.73 Å². The number of nitrogens with one attached hydrogen (secondary N) is 1. The summed E-state index contributed by atoms with van der Waals surface area (Å²) in [5.74, 6) is 0.900. The highest BCUT2D eigenvalue weighted by molar-refractivity contribution is 5.44. The van der Waals surface area contributed by atoms with E-state index in [-0.39, 0.29) is 6.04 Å². The molecule has 3 N–H and O–H groups in total. The molecule has 0 bridgehead atoms. The minimum Gasteiger partial charge on any atom is -0.368 e. The van der Waals surface area contributed by atoms with Gasteiger partial charge in [-0.25, -0.2) is 4.98 Å². The summed E-state index contributed by atoms with van der Waals surface area (Å²) in [6.07, 6.45) is 1.87. The quantitative estimate of drug-likeness (QED) is 0.881. The Kier molecular flexibility index (Phi) is 4.17. The lowest BCUT2D eigenvalue weighted by molar-refractivity contribution is 0.846. The van der Waals surface area contributed by atoms with Crippen LogP contribution in [-0.4, -0.2) is 11.0 Å². The first-order valence-corrected chi connectivity index (χ1v) is 6.61. The highest BCUT2D eigenvalue weighted by atomic mass is 15.0. The highest BCUT2D eigenvalue weighted by Crippen LogP contribution is 2.23. The van der Waals surface area contributed by atoms with E-state index < -0.39 is 0 Å². The molecule has 0 unspecified atom stereocenters. The first-order chi connectivity index (χ1) is 9.08. The van der Waals surface area contributed by atoms with Gasteiger partial charge in [-0.3, -0.25) is 0 Å². The second-order valence-electron chi connectivity index (χ2n) is 5.11. The van der Waals surface area contributed by atoms with Crippen LogP contribution in [0.4, 0.5) is 5.82 Å². The summed E-state index contributed by atoms with van der Waals surface area (Å²) in [5, 5.41) is 3.30. The number of hydrogen-bond donors (Lipinski definition) is 2. The van der Waals surface area contributed by atoms with Crippen LogP contribution < -0.4 is 11.1 Å². The van der Waals surface area contributed by atoms with Gasteiger partial charge in [-0.15, -0.1) is 0 Å². The molecular weight excluding hydrogens is 234 g/mol. The maximum Gasteiger partial charge on any atom is 0.126 e. The zero-order chi connectivity index (χ0) is 13.8. The summed E-state index contributed by atoms with van der Waals surface area (Å²) in [7, 11) is 0. The van der Waals surface area contributed by atoms with E-state index >= 15 is 0 Å². The summed E-state index contributed by atoms with van der Waals surface area (Å²) < 4.78 is 0. The maximum atomic E-state index is 6.31. The Balaban J connectivity index is 2.26. The fourth-order valence-electron chi connectivity index (χ4n) is 2.11. The number of aryl methyl sites for hydroxylation is 1. The average molecular weight is 255 g/mol. The van der Waals surface area contributed by atoms with Crippen LogP contribution in [0.1, 0.15) is 36.6 Å². The van der Waals surface area contributed by atoms with Gasteiger partial charge in [-0.05, 0) is 43.5 Å². The lowest BCUT2D eigenvalue weighted by atomic mass is 9.97. The Morgan fingerprint density at radius 1 is 1.16 bits per heavy atom. The van der Waals surface area contributed by atoms with Crippen molar-refractivity contribution in [1.29, 1.82) is 0 Å². The van der Waals surface area contributed by atoms with E-state index in [0.29, 0.717) is 6.04 Å². The van der Waals surface area contributed by atoms with Crippen molar-refractivity contribution in [2.45, 2.75) is 32.9 Å². The topological polar surface area (TPSA) is 50.9 Å². The average Bonchev–Trinajstić information content (AvgIpc) is 2.38. The molecule has 3 nitrogen and oxygen atoms in total. The predicted molar refractivity (Wildman–Crippen MR) is 80.2 cm³/mol. The van der Waals surface area contributed by atoms with Crippen molar-refractivity contribution < 1.29 is 0 Å². The summed E-state index contributed by atoms with van der Waals surface area (Å²) in [5.41, 5.74) is 9.65. The normalized spacial score (nSPS) is 12.5. The van der Waals surface area contributed by atoms with Crippen LogP contribution in [-0.2, 0) is 0 Å². The second-order valence-corrected chi connectivity index (χ2v) is 5.11. The third-order valence-electron chi connectivity index (χ3n) is 3.08. The molecule has 3 heteroatoms. The molecule has 1 atom stereocenters. The molecule has 2 rings (SSSR count). The van der Waals surface area contributed by atoms with Gasteiger partial charge in [-0.2, -0.15) is 0 Å². The van der Waals surface area contributed by atoms with Crippen molar-refractivity contribution >= 4 is 5.82 Å². The number of benzene rings is 1. The van der Waals surface area contributed by atoms with Gasteiger partial charge in [0.05, 0.1) is 6.04 Å². The van der Waals surface area contributed by atoms with Crippen LogP contribution in [0.5, 0.6) is 0 Å². The Hall–Kier alpha value is -1.87. The molecule has 0 aliphatic carbocycles. The van der Waals surface area contributed by atoms with Crippen LogP contribution in [0.25, 0.3) is 0 Å². The van der Waals surface area contributed by atoms with Crippen molar-refractivity contribution in [1.82, 2.24) is 4.98 Å². The van der Waals surface area contributed by atoms with E-state index in [9.17, 15) is 0 Å². The fourth-order valence-corrected chi connectivity index (χ4v) is 2.11. The van der Waals surface area contributed by atoms with Crippen molar-refractivity contribution in [3.05, 3.63) is 59.3 Å². The molecule has 1 heterocycles. The van der Waals surface area contributed by atoms with E-state index in [2.05, 4.69) is 37.1 Å². The van der Waals surface area contributed by atoms with Crippen LogP contribution in [0.3, 0.4) is 0 Å². The van der Waals surface area contributed by atoms with Crippen LogP contribution in [0, 0.1) is 6.92 Å². The molecule has 0 fully saturated rings. The zero-order valence-corrected chi connectivity index (χ0v) is 11.7. The number of hydrogen-bond acceptors (Lipinski definition) is 3. The first-order valence-electron chi connectivity index (χ1n) is 6.61. The van der Waals surface area contributed by atoms with Gasteiger partial charge in [0.15, 0.2) is 0 Å². The molecule has 1 aromatic heterocycles. The molecule has 0 aliphatic rings. The van der Waals surface area contributed by atoms with E-state index in [4.69, 9.17) is 5.73 Å². The summed E-state index contributed by atoms with van der Waals surface area (Å²) >= 11 is 0. The van der Waals surface area contributed by atoms with Crippen molar-refractivity contribution in [3.8, 4) is 0 Å². The van der Waals surface area contributed by atoms with Gasteiger partial charge < -0.3 is 11.1 Å². The lowest BCUT2D eigenvalue weighted by Gasteiger charge is -2.16. The minimum atomic E-state index is -0.123. The SMILES string of the molecule is Cc1cc(NC(C)C)ncc1[C@@H](N)c1ccccc1. The van der Waals surface area contributed by atoms with Gasteiger partial charge >= 0.3 is 0 Å².